The summed E-state index contributed by atoms with van der Waals surface area (Å²) in [4.78, 5) is 16.7. The first-order valence-corrected chi connectivity index (χ1v) is 12.9. The molecule has 1 aromatic heterocycles. The third-order valence-corrected chi connectivity index (χ3v) is 6.00. The van der Waals surface area contributed by atoms with E-state index in [0.717, 1.165) is 26.5 Å². The number of hydrazone groups is 1. The van der Waals surface area contributed by atoms with Gasteiger partial charge in [0, 0.05) is 21.6 Å². The first kappa shape index (κ1) is 26.9. The summed E-state index contributed by atoms with van der Waals surface area (Å²) in [6.45, 7) is 6.46. The molecule has 0 bridgehead atoms. The van der Waals surface area contributed by atoms with Gasteiger partial charge in [0.25, 0.3) is 5.91 Å². The number of amides is 1. The Bertz CT molecular complexity index is 1430. The third-order valence-electron chi connectivity index (χ3n) is 5.47. The fourth-order valence-electron chi connectivity index (χ4n) is 3.77. The Balaban J connectivity index is 1.43. The lowest BCUT2D eigenvalue weighted by Crippen LogP contribution is -2.24. The largest absolute Gasteiger partial charge is 0.490 e. The van der Waals surface area contributed by atoms with E-state index in [4.69, 9.17) is 14.2 Å². The first-order valence-electron chi connectivity index (χ1n) is 12.1. The minimum Gasteiger partial charge on any atom is -0.490 e. The van der Waals surface area contributed by atoms with E-state index in [1.807, 2.05) is 67.6 Å². The van der Waals surface area contributed by atoms with Gasteiger partial charge in [-0.25, -0.2) is 5.43 Å². The minimum absolute atomic E-state index is 0.193. The second-order valence-corrected chi connectivity index (χ2v) is 9.18. The Labute approximate surface area is 230 Å². The number of para-hydroxylation sites is 1. The standard InChI is InChI=1S/C30H28BrN3O4/c1-3-7-24-16-22(17-27(36-4-2)30(24)38-19-21-11-13-25(31)14-12-21)18-33-34-28(35)20-37-26-10-5-8-23-9-6-15-32-29(23)26/h3,5-6,8-18H,1,4,7,19-20H2,2H3,(H,34,35)/b33-18+. The number of ether oxygens (including phenoxy) is 3. The summed E-state index contributed by atoms with van der Waals surface area (Å²) < 4.78 is 18.7. The van der Waals surface area contributed by atoms with Crippen LogP contribution in [0.4, 0.5) is 0 Å². The smallest absolute Gasteiger partial charge is 0.277 e. The van der Waals surface area contributed by atoms with Crippen LogP contribution in [-0.4, -0.2) is 30.3 Å². The van der Waals surface area contributed by atoms with E-state index in [-0.39, 0.29) is 12.5 Å². The molecule has 3 aromatic carbocycles. The van der Waals surface area contributed by atoms with Gasteiger partial charge in [-0.2, -0.15) is 5.10 Å². The number of nitrogens with one attached hydrogen (secondary N) is 1. The zero-order chi connectivity index (χ0) is 26.7. The van der Waals surface area contributed by atoms with Crippen LogP contribution < -0.4 is 19.6 Å². The second kappa shape index (κ2) is 13.4. The van der Waals surface area contributed by atoms with Crippen molar-refractivity contribution in [2.45, 2.75) is 20.0 Å². The van der Waals surface area contributed by atoms with Crippen molar-refractivity contribution in [1.29, 1.82) is 0 Å². The number of benzene rings is 3. The zero-order valence-electron chi connectivity index (χ0n) is 21.0. The Kier molecular flexibility index (Phi) is 9.48. The van der Waals surface area contributed by atoms with Crippen molar-refractivity contribution in [2.75, 3.05) is 13.2 Å². The number of carbonyl (C=O) groups is 1. The number of hydrogen-bond acceptors (Lipinski definition) is 6. The summed E-state index contributed by atoms with van der Waals surface area (Å²) >= 11 is 3.45. The fourth-order valence-corrected chi connectivity index (χ4v) is 4.04. The maximum absolute atomic E-state index is 12.3. The van der Waals surface area contributed by atoms with Crippen LogP contribution in [0.25, 0.3) is 10.9 Å². The maximum atomic E-state index is 12.3. The molecule has 0 saturated carbocycles. The van der Waals surface area contributed by atoms with E-state index in [1.54, 1.807) is 24.6 Å². The SMILES string of the molecule is C=CCc1cc(/C=N/NC(=O)COc2cccc3cccnc23)cc(OCC)c1OCc1ccc(Br)cc1. The molecule has 1 N–H and O–H groups in total. The summed E-state index contributed by atoms with van der Waals surface area (Å²) in [7, 11) is 0. The van der Waals surface area contributed by atoms with Gasteiger partial charge in [0.15, 0.2) is 18.1 Å². The molecule has 0 unspecified atom stereocenters. The lowest BCUT2D eigenvalue weighted by Gasteiger charge is -2.17. The highest BCUT2D eigenvalue weighted by atomic mass is 79.9. The predicted molar refractivity (Wildman–Crippen MR) is 153 cm³/mol. The van der Waals surface area contributed by atoms with E-state index >= 15 is 0 Å². The average Bonchev–Trinajstić information content (AvgIpc) is 2.93. The summed E-state index contributed by atoms with van der Waals surface area (Å²) in [5.74, 6) is 1.41. The highest BCUT2D eigenvalue weighted by Crippen LogP contribution is 2.34. The van der Waals surface area contributed by atoms with Crippen molar-refractivity contribution in [3.63, 3.8) is 0 Å². The van der Waals surface area contributed by atoms with Crippen LogP contribution in [-0.2, 0) is 17.8 Å². The second-order valence-electron chi connectivity index (χ2n) is 8.26. The fraction of sp³-hybridized carbons (Fsp3) is 0.167. The van der Waals surface area contributed by atoms with Gasteiger partial charge in [-0.15, -0.1) is 6.58 Å². The highest BCUT2D eigenvalue weighted by Gasteiger charge is 2.14. The molecule has 7 nitrogen and oxygen atoms in total. The molecule has 1 heterocycles. The lowest BCUT2D eigenvalue weighted by molar-refractivity contribution is -0.123. The molecule has 0 radical (unpaired) electrons. The molecule has 0 aliphatic rings. The third kappa shape index (κ3) is 7.20. The van der Waals surface area contributed by atoms with Crippen molar-refractivity contribution >= 4 is 39.0 Å². The monoisotopic (exact) mass is 573 g/mol. The van der Waals surface area contributed by atoms with Crippen LogP contribution in [0, 0.1) is 0 Å². The van der Waals surface area contributed by atoms with Crippen LogP contribution in [0.1, 0.15) is 23.6 Å². The number of aromatic nitrogens is 1. The molecule has 4 rings (SSSR count). The molecule has 8 heteroatoms. The van der Waals surface area contributed by atoms with Crippen molar-refractivity contribution in [3.05, 3.63) is 107 Å². The molecular formula is C30H28BrN3O4. The van der Waals surface area contributed by atoms with Gasteiger partial charge in [0.1, 0.15) is 17.9 Å². The van der Waals surface area contributed by atoms with Crippen LogP contribution in [0.5, 0.6) is 17.2 Å². The van der Waals surface area contributed by atoms with Crippen molar-refractivity contribution < 1.29 is 19.0 Å². The van der Waals surface area contributed by atoms with Crippen LogP contribution in [0.2, 0.25) is 0 Å². The Morgan fingerprint density at radius 1 is 1.05 bits per heavy atom. The molecule has 0 aliphatic carbocycles. The van der Waals surface area contributed by atoms with Crippen molar-refractivity contribution in [2.24, 2.45) is 5.10 Å². The van der Waals surface area contributed by atoms with Crippen LogP contribution in [0.15, 0.2) is 95.2 Å². The van der Waals surface area contributed by atoms with E-state index in [9.17, 15) is 4.79 Å². The van der Waals surface area contributed by atoms with Crippen LogP contribution in [0.3, 0.4) is 0 Å². The molecule has 0 atom stereocenters. The Morgan fingerprint density at radius 2 is 1.87 bits per heavy atom. The Hall–Kier alpha value is -4.17. The van der Waals surface area contributed by atoms with E-state index < -0.39 is 0 Å². The Morgan fingerprint density at radius 3 is 2.66 bits per heavy atom. The number of rotatable bonds is 12. The van der Waals surface area contributed by atoms with Gasteiger partial charge in [-0.1, -0.05) is 52.3 Å². The summed E-state index contributed by atoms with van der Waals surface area (Å²) in [6, 6.07) is 21.1. The van der Waals surface area contributed by atoms with Gasteiger partial charge in [0.2, 0.25) is 0 Å². The summed E-state index contributed by atoms with van der Waals surface area (Å²) in [6.07, 6.45) is 5.63. The number of allylic oxidation sites excluding steroid dienone is 1. The van der Waals surface area contributed by atoms with Crippen LogP contribution >= 0.6 is 15.9 Å². The highest BCUT2D eigenvalue weighted by molar-refractivity contribution is 9.10. The number of fused-ring (bicyclic) bond motifs is 1. The van der Waals surface area contributed by atoms with Gasteiger partial charge >= 0.3 is 0 Å². The molecule has 0 saturated heterocycles. The number of carbonyl (C=O) groups excluding carboxylic acids is 1. The van der Waals surface area contributed by atoms with Gasteiger partial charge in [-0.3, -0.25) is 9.78 Å². The predicted octanol–water partition coefficient (Wildman–Crippen LogP) is 6.23. The quantitative estimate of drug-likeness (QED) is 0.123. The molecule has 0 fully saturated rings. The minimum atomic E-state index is -0.389. The molecule has 38 heavy (non-hydrogen) atoms. The van der Waals surface area contributed by atoms with Gasteiger partial charge in [-0.05, 0) is 60.9 Å². The topological polar surface area (TPSA) is 82.0 Å². The van der Waals surface area contributed by atoms with Gasteiger partial charge in [0.05, 0.1) is 12.8 Å². The first-order chi connectivity index (χ1) is 18.6. The average molecular weight is 574 g/mol. The number of pyridine rings is 1. The molecule has 0 spiro atoms. The molecule has 0 aliphatic heterocycles. The summed E-state index contributed by atoms with van der Waals surface area (Å²) in [5.41, 5.74) is 5.90. The molecule has 4 aromatic rings. The normalized spacial score (nSPS) is 10.9. The van der Waals surface area contributed by atoms with Crippen molar-refractivity contribution in [1.82, 2.24) is 10.4 Å². The lowest BCUT2D eigenvalue weighted by atomic mass is 10.1. The van der Waals surface area contributed by atoms with E-state index in [2.05, 4.69) is 38.0 Å². The van der Waals surface area contributed by atoms with Crippen molar-refractivity contribution in [3.8, 4) is 17.2 Å². The van der Waals surface area contributed by atoms with E-state index in [1.165, 1.54) is 0 Å². The zero-order valence-corrected chi connectivity index (χ0v) is 22.6. The molecule has 1 amide bonds. The molecule has 194 valence electrons. The maximum Gasteiger partial charge on any atom is 0.277 e. The number of halogens is 1. The number of nitrogens with zero attached hydrogens (tertiary/aromatic N) is 2. The summed E-state index contributed by atoms with van der Waals surface area (Å²) in [5, 5.41) is 5.04. The van der Waals surface area contributed by atoms with E-state index in [0.29, 0.717) is 42.4 Å². The number of hydrogen-bond donors (Lipinski definition) is 1. The van der Waals surface area contributed by atoms with Gasteiger partial charge < -0.3 is 14.2 Å². The molecular weight excluding hydrogens is 546 g/mol.